The zero-order valence-corrected chi connectivity index (χ0v) is 20.7. The Hall–Kier alpha value is -2.58. The number of thiophene rings is 1. The first-order valence-electron chi connectivity index (χ1n) is 11.2. The number of anilines is 1. The second-order valence-corrected chi connectivity index (χ2v) is 10.1. The van der Waals surface area contributed by atoms with Gasteiger partial charge in [-0.05, 0) is 61.2 Å². The van der Waals surface area contributed by atoms with Crippen molar-refractivity contribution in [1.29, 1.82) is 0 Å². The number of nitrogens with zero attached hydrogens (tertiary/aromatic N) is 1. The van der Waals surface area contributed by atoms with E-state index in [1.54, 1.807) is 35.2 Å². The summed E-state index contributed by atoms with van der Waals surface area (Å²) < 4.78 is 0. The zero-order valence-electron chi connectivity index (χ0n) is 19.1. The number of nitrogens with one attached hydrogen (secondary N) is 3. The highest BCUT2D eigenvalue weighted by Gasteiger charge is 2.34. The van der Waals surface area contributed by atoms with Gasteiger partial charge in [-0.3, -0.25) is 9.59 Å². The third-order valence-corrected chi connectivity index (χ3v) is 7.16. The Kier molecular flexibility index (Phi) is 8.74. The Bertz CT molecular complexity index is 958. The van der Waals surface area contributed by atoms with Gasteiger partial charge >= 0.3 is 6.03 Å². The lowest BCUT2D eigenvalue weighted by atomic mass is 9.88. The number of amides is 4. The van der Waals surface area contributed by atoms with Crippen molar-refractivity contribution in [2.75, 3.05) is 18.4 Å². The number of halogens is 1. The molecule has 3 N–H and O–H groups in total. The molecule has 0 aliphatic carbocycles. The normalized spacial score (nSPS) is 16.2. The van der Waals surface area contributed by atoms with Crippen molar-refractivity contribution in [3.8, 4) is 0 Å². The molecule has 4 amide bonds. The van der Waals surface area contributed by atoms with Crippen molar-refractivity contribution in [2.24, 2.45) is 11.8 Å². The van der Waals surface area contributed by atoms with Crippen LogP contribution in [0.25, 0.3) is 0 Å². The fourth-order valence-electron chi connectivity index (χ4n) is 3.70. The van der Waals surface area contributed by atoms with E-state index in [1.165, 1.54) is 11.3 Å². The van der Waals surface area contributed by atoms with Crippen LogP contribution in [-0.2, 0) is 4.79 Å². The first kappa shape index (κ1) is 25.1. The highest BCUT2D eigenvalue weighted by molar-refractivity contribution is 7.12. The van der Waals surface area contributed by atoms with Crippen LogP contribution in [0.5, 0.6) is 0 Å². The Morgan fingerprint density at radius 2 is 1.79 bits per heavy atom. The first-order chi connectivity index (χ1) is 15.7. The van der Waals surface area contributed by atoms with Gasteiger partial charge in [0.15, 0.2) is 0 Å². The number of carbonyl (C=O) groups is 3. The average Bonchev–Trinajstić information content (AvgIpc) is 3.32. The lowest BCUT2D eigenvalue weighted by Gasteiger charge is -2.36. The maximum absolute atomic E-state index is 13.1. The predicted octanol–water partition coefficient (Wildman–Crippen LogP) is 4.60. The van der Waals surface area contributed by atoms with E-state index < -0.39 is 6.04 Å². The summed E-state index contributed by atoms with van der Waals surface area (Å²) in [6.45, 7) is 7.04. The lowest BCUT2D eigenvalue weighted by molar-refractivity contribution is -0.125. The number of benzene rings is 1. The van der Waals surface area contributed by atoms with E-state index in [4.69, 9.17) is 11.6 Å². The molecule has 9 heteroatoms. The van der Waals surface area contributed by atoms with Gasteiger partial charge in [0.1, 0.15) is 6.04 Å². The van der Waals surface area contributed by atoms with Crippen LogP contribution in [0.4, 0.5) is 10.5 Å². The fraction of sp³-hybridized carbons (Fsp3) is 0.458. The van der Waals surface area contributed by atoms with E-state index >= 15 is 0 Å². The summed E-state index contributed by atoms with van der Waals surface area (Å²) in [5, 5.41) is 11.2. The largest absolute Gasteiger partial charge is 0.352 e. The van der Waals surface area contributed by atoms with Gasteiger partial charge in [0.25, 0.3) is 5.91 Å². The summed E-state index contributed by atoms with van der Waals surface area (Å²) in [6, 6.07) is 9.70. The average molecular weight is 491 g/mol. The number of likely N-dealkylation sites (tertiary alicyclic amines) is 1. The van der Waals surface area contributed by atoms with E-state index in [0.717, 1.165) is 0 Å². The van der Waals surface area contributed by atoms with E-state index in [2.05, 4.69) is 16.0 Å². The lowest BCUT2D eigenvalue weighted by Crippen LogP contribution is -2.55. The number of rotatable bonds is 7. The zero-order chi connectivity index (χ0) is 24.0. The second kappa shape index (κ2) is 11.5. The maximum Gasteiger partial charge on any atom is 0.321 e. The molecule has 1 saturated heterocycles. The Morgan fingerprint density at radius 3 is 2.39 bits per heavy atom. The van der Waals surface area contributed by atoms with Crippen LogP contribution in [-0.4, -0.2) is 47.9 Å². The number of hydrogen-bond donors (Lipinski definition) is 3. The summed E-state index contributed by atoms with van der Waals surface area (Å²) in [6.07, 6.45) is 1.23. The van der Waals surface area contributed by atoms with Gasteiger partial charge in [-0.1, -0.05) is 37.6 Å². The minimum atomic E-state index is -0.654. The van der Waals surface area contributed by atoms with Gasteiger partial charge in [0.2, 0.25) is 5.91 Å². The van der Waals surface area contributed by atoms with Crippen molar-refractivity contribution in [1.82, 2.24) is 15.5 Å². The summed E-state index contributed by atoms with van der Waals surface area (Å²) in [5.41, 5.74) is 0.637. The van der Waals surface area contributed by atoms with Gasteiger partial charge in [0, 0.05) is 29.8 Å². The fourth-order valence-corrected chi connectivity index (χ4v) is 4.52. The first-order valence-corrected chi connectivity index (χ1v) is 12.5. The number of carbonyl (C=O) groups excluding carboxylic acids is 3. The van der Waals surface area contributed by atoms with Gasteiger partial charge in [-0.2, -0.15) is 0 Å². The molecule has 0 saturated carbocycles. The third-order valence-electron chi connectivity index (χ3n) is 6.06. The smallest absolute Gasteiger partial charge is 0.321 e. The molecule has 1 aromatic heterocycles. The molecule has 2 atom stereocenters. The summed E-state index contributed by atoms with van der Waals surface area (Å²) in [5.74, 6) is -0.213. The monoisotopic (exact) mass is 490 g/mol. The summed E-state index contributed by atoms with van der Waals surface area (Å²) in [4.78, 5) is 40.8. The SMILES string of the molecule is CC(C)[C@@H](C)NC(=O)[C@H](NC(=O)c1cccs1)C1CCN(C(=O)Nc2cccc(Cl)c2)CC1. The van der Waals surface area contributed by atoms with Crippen LogP contribution in [0.2, 0.25) is 5.02 Å². The van der Waals surface area contributed by atoms with Crippen molar-refractivity contribution in [3.63, 3.8) is 0 Å². The van der Waals surface area contributed by atoms with Crippen LogP contribution < -0.4 is 16.0 Å². The van der Waals surface area contributed by atoms with E-state index in [9.17, 15) is 14.4 Å². The number of urea groups is 1. The van der Waals surface area contributed by atoms with Gasteiger partial charge in [0.05, 0.1) is 4.88 Å². The van der Waals surface area contributed by atoms with Gasteiger partial charge in [-0.25, -0.2) is 4.79 Å². The Balaban J connectivity index is 1.64. The topological polar surface area (TPSA) is 90.5 Å². The molecule has 0 bridgehead atoms. The second-order valence-electron chi connectivity index (χ2n) is 8.73. The van der Waals surface area contributed by atoms with Crippen LogP contribution in [0.3, 0.4) is 0 Å². The van der Waals surface area contributed by atoms with Crippen LogP contribution in [0.1, 0.15) is 43.3 Å². The molecule has 1 fully saturated rings. The molecule has 1 aliphatic heterocycles. The van der Waals surface area contributed by atoms with E-state index in [1.807, 2.05) is 32.2 Å². The molecule has 0 unspecified atom stereocenters. The van der Waals surface area contributed by atoms with Crippen molar-refractivity contribution in [2.45, 2.75) is 45.7 Å². The molecule has 7 nitrogen and oxygen atoms in total. The molecule has 1 aliphatic rings. The minimum Gasteiger partial charge on any atom is -0.352 e. The molecule has 3 rings (SSSR count). The summed E-state index contributed by atoms with van der Waals surface area (Å²) >= 11 is 7.34. The Labute approximate surface area is 203 Å². The molecule has 2 aromatic rings. The summed E-state index contributed by atoms with van der Waals surface area (Å²) in [7, 11) is 0. The maximum atomic E-state index is 13.1. The molecule has 178 valence electrons. The molecule has 0 radical (unpaired) electrons. The minimum absolute atomic E-state index is 0.0118. The quantitative estimate of drug-likeness (QED) is 0.529. The number of piperidine rings is 1. The van der Waals surface area contributed by atoms with E-state index in [0.29, 0.717) is 41.5 Å². The van der Waals surface area contributed by atoms with Crippen molar-refractivity contribution in [3.05, 3.63) is 51.7 Å². The molecule has 2 heterocycles. The molecular weight excluding hydrogens is 460 g/mol. The van der Waals surface area contributed by atoms with Crippen LogP contribution >= 0.6 is 22.9 Å². The van der Waals surface area contributed by atoms with E-state index in [-0.39, 0.29) is 35.7 Å². The third kappa shape index (κ3) is 6.95. The molecule has 1 aromatic carbocycles. The van der Waals surface area contributed by atoms with Crippen molar-refractivity contribution >= 4 is 46.5 Å². The molecule has 0 spiro atoms. The highest BCUT2D eigenvalue weighted by atomic mass is 35.5. The van der Waals surface area contributed by atoms with Crippen LogP contribution in [0.15, 0.2) is 41.8 Å². The van der Waals surface area contributed by atoms with Gasteiger partial charge in [-0.15, -0.1) is 11.3 Å². The molecule has 33 heavy (non-hydrogen) atoms. The highest BCUT2D eigenvalue weighted by Crippen LogP contribution is 2.23. The standard InChI is InChI=1S/C24H31ClN4O3S/c1-15(2)16(3)26-23(31)21(28-22(30)20-8-5-13-33-20)17-9-11-29(12-10-17)24(32)27-19-7-4-6-18(25)14-19/h4-8,13-17,21H,9-12H2,1-3H3,(H,26,31)(H,27,32)(H,28,30)/t16-,21-/m1/s1. The van der Waals surface area contributed by atoms with Gasteiger partial charge < -0.3 is 20.9 Å². The van der Waals surface area contributed by atoms with Crippen molar-refractivity contribution < 1.29 is 14.4 Å². The number of hydrogen-bond acceptors (Lipinski definition) is 4. The van der Waals surface area contributed by atoms with Crippen LogP contribution in [0, 0.1) is 11.8 Å². The molecular formula is C24H31ClN4O3S. The predicted molar refractivity (Wildman–Crippen MR) is 133 cm³/mol. The Morgan fingerprint density at radius 1 is 1.06 bits per heavy atom.